The van der Waals surface area contributed by atoms with Crippen molar-refractivity contribution in [1.82, 2.24) is 5.32 Å². The minimum Gasteiger partial charge on any atom is -0.310 e. The molecule has 4 unspecified atom stereocenters. The molecule has 0 spiro atoms. The standard InChI is InChI=1S/C17H25F2N/c1-4-20-17(13-6-5-11(2)12(3)9-13)15-8-7-14(18)10-16(15)19/h7-8,10-13,17,20H,4-6,9H2,1-3H3. The van der Waals surface area contributed by atoms with Crippen LogP contribution in [0.3, 0.4) is 0 Å². The maximum atomic E-state index is 14.1. The lowest BCUT2D eigenvalue weighted by atomic mass is 9.72. The average Bonchev–Trinajstić information content (AvgIpc) is 2.40. The van der Waals surface area contributed by atoms with Gasteiger partial charge in [0.25, 0.3) is 0 Å². The van der Waals surface area contributed by atoms with Crippen LogP contribution in [-0.2, 0) is 0 Å². The molecule has 2 rings (SSSR count). The molecule has 1 aliphatic rings. The summed E-state index contributed by atoms with van der Waals surface area (Å²) in [6.07, 6.45) is 3.41. The van der Waals surface area contributed by atoms with Gasteiger partial charge in [-0.25, -0.2) is 8.78 Å². The molecule has 0 radical (unpaired) electrons. The zero-order valence-electron chi connectivity index (χ0n) is 12.6. The third-order valence-corrected chi connectivity index (χ3v) is 4.83. The molecule has 0 aromatic heterocycles. The zero-order valence-corrected chi connectivity index (χ0v) is 12.6. The SMILES string of the molecule is CCNC(c1ccc(F)cc1F)C1CCC(C)C(C)C1. The zero-order chi connectivity index (χ0) is 14.7. The minimum atomic E-state index is -0.507. The second-order valence-electron chi connectivity index (χ2n) is 6.23. The predicted octanol–water partition coefficient (Wildman–Crippen LogP) is 4.69. The average molecular weight is 281 g/mol. The number of nitrogens with one attached hydrogen (secondary N) is 1. The van der Waals surface area contributed by atoms with E-state index in [-0.39, 0.29) is 6.04 Å². The van der Waals surface area contributed by atoms with E-state index in [4.69, 9.17) is 0 Å². The summed E-state index contributed by atoms with van der Waals surface area (Å²) in [6, 6.07) is 3.95. The lowest BCUT2D eigenvalue weighted by Gasteiger charge is -2.37. The van der Waals surface area contributed by atoms with E-state index >= 15 is 0 Å². The number of hydrogen-bond donors (Lipinski definition) is 1. The molecule has 1 saturated carbocycles. The van der Waals surface area contributed by atoms with Gasteiger partial charge < -0.3 is 5.32 Å². The fourth-order valence-corrected chi connectivity index (χ4v) is 3.40. The van der Waals surface area contributed by atoms with Crippen molar-refractivity contribution in [2.24, 2.45) is 17.8 Å². The Morgan fingerprint density at radius 1 is 1.20 bits per heavy atom. The topological polar surface area (TPSA) is 12.0 Å². The first-order valence-corrected chi connectivity index (χ1v) is 7.71. The predicted molar refractivity (Wildman–Crippen MR) is 78.4 cm³/mol. The Morgan fingerprint density at radius 2 is 1.95 bits per heavy atom. The minimum absolute atomic E-state index is 0.00412. The molecular weight excluding hydrogens is 256 g/mol. The van der Waals surface area contributed by atoms with Crippen molar-refractivity contribution < 1.29 is 8.78 Å². The van der Waals surface area contributed by atoms with Gasteiger partial charge in [-0.2, -0.15) is 0 Å². The molecule has 0 bridgehead atoms. The van der Waals surface area contributed by atoms with Gasteiger partial charge in [0, 0.05) is 17.7 Å². The van der Waals surface area contributed by atoms with Gasteiger partial charge >= 0.3 is 0 Å². The molecule has 1 aromatic carbocycles. The summed E-state index contributed by atoms with van der Waals surface area (Å²) in [7, 11) is 0. The van der Waals surface area contributed by atoms with Crippen LogP contribution in [0.5, 0.6) is 0 Å². The third kappa shape index (κ3) is 3.38. The Hall–Kier alpha value is -0.960. The maximum absolute atomic E-state index is 14.1. The Bertz CT molecular complexity index is 447. The summed E-state index contributed by atoms with van der Waals surface area (Å²) in [5.41, 5.74) is 0.611. The van der Waals surface area contributed by atoms with Crippen LogP contribution in [-0.4, -0.2) is 6.54 Å². The molecule has 1 aliphatic carbocycles. The first kappa shape index (κ1) is 15.4. The van der Waals surface area contributed by atoms with Gasteiger partial charge in [-0.3, -0.25) is 0 Å². The van der Waals surface area contributed by atoms with Gasteiger partial charge in [0.1, 0.15) is 11.6 Å². The first-order valence-electron chi connectivity index (χ1n) is 7.71. The fourth-order valence-electron chi connectivity index (χ4n) is 3.40. The second kappa shape index (κ2) is 6.66. The summed E-state index contributed by atoms with van der Waals surface area (Å²) in [5.74, 6) is 0.903. The molecule has 0 aliphatic heterocycles. The van der Waals surface area contributed by atoms with Gasteiger partial charge in [-0.15, -0.1) is 0 Å². The van der Waals surface area contributed by atoms with Crippen LogP contribution >= 0.6 is 0 Å². The molecule has 4 atom stereocenters. The highest BCUT2D eigenvalue weighted by atomic mass is 19.1. The van der Waals surface area contributed by atoms with Gasteiger partial charge in [0.05, 0.1) is 0 Å². The normalized spacial score (nSPS) is 28.4. The largest absolute Gasteiger partial charge is 0.310 e. The van der Waals surface area contributed by atoms with E-state index in [9.17, 15) is 8.78 Å². The molecule has 0 amide bonds. The molecule has 112 valence electrons. The molecule has 0 heterocycles. The van der Waals surface area contributed by atoms with Crippen LogP contribution < -0.4 is 5.32 Å². The lowest BCUT2D eigenvalue weighted by Crippen LogP contribution is -2.33. The molecule has 1 nitrogen and oxygen atoms in total. The Kier molecular flexibility index (Phi) is 5.14. The molecule has 20 heavy (non-hydrogen) atoms. The van der Waals surface area contributed by atoms with Crippen molar-refractivity contribution in [3.8, 4) is 0 Å². The first-order chi connectivity index (χ1) is 9.52. The number of hydrogen-bond acceptors (Lipinski definition) is 1. The van der Waals surface area contributed by atoms with E-state index in [1.807, 2.05) is 6.92 Å². The van der Waals surface area contributed by atoms with Crippen molar-refractivity contribution >= 4 is 0 Å². The highest BCUT2D eigenvalue weighted by Gasteiger charge is 2.31. The van der Waals surface area contributed by atoms with Gasteiger partial charge in [-0.1, -0.05) is 33.3 Å². The van der Waals surface area contributed by atoms with E-state index in [1.165, 1.54) is 12.5 Å². The number of benzene rings is 1. The number of rotatable bonds is 4. The maximum Gasteiger partial charge on any atom is 0.130 e. The number of halogens is 2. The smallest absolute Gasteiger partial charge is 0.130 e. The molecule has 1 aromatic rings. The van der Waals surface area contributed by atoms with E-state index in [0.29, 0.717) is 17.4 Å². The third-order valence-electron chi connectivity index (χ3n) is 4.83. The highest BCUT2D eigenvalue weighted by Crippen LogP contribution is 2.40. The highest BCUT2D eigenvalue weighted by molar-refractivity contribution is 5.23. The van der Waals surface area contributed by atoms with Crippen molar-refractivity contribution in [2.45, 2.75) is 46.1 Å². The summed E-state index contributed by atoms with van der Waals surface area (Å²) in [6.45, 7) is 7.40. The van der Waals surface area contributed by atoms with Crippen molar-refractivity contribution in [3.05, 3.63) is 35.4 Å². The van der Waals surface area contributed by atoms with Crippen LogP contribution in [0.15, 0.2) is 18.2 Å². The van der Waals surface area contributed by atoms with Crippen LogP contribution in [0, 0.1) is 29.4 Å². The van der Waals surface area contributed by atoms with Crippen molar-refractivity contribution in [3.63, 3.8) is 0 Å². The molecule has 0 saturated heterocycles. The lowest BCUT2D eigenvalue weighted by molar-refractivity contribution is 0.170. The van der Waals surface area contributed by atoms with E-state index < -0.39 is 11.6 Å². The summed E-state index contributed by atoms with van der Waals surface area (Å²) >= 11 is 0. The van der Waals surface area contributed by atoms with E-state index in [1.54, 1.807) is 6.07 Å². The monoisotopic (exact) mass is 281 g/mol. The Labute approximate surface area is 120 Å². The fraction of sp³-hybridized carbons (Fsp3) is 0.647. The van der Waals surface area contributed by atoms with E-state index in [2.05, 4.69) is 19.2 Å². The quantitative estimate of drug-likeness (QED) is 0.844. The van der Waals surface area contributed by atoms with Crippen LogP contribution in [0.1, 0.15) is 51.6 Å². The Morgan fingerprint density at radius 3 is 2.55 bits per heavy atom. The molecule has 3 heteroatoms. The molecule has 1 N–H and O–H groups in total. The Balaban J connectivity index is 2.22. The van der Waals surface area contributed by atoms with Crippen LogP contribution in [0.2, 0.25) is 0 Å². The molecular formula is C17H25F2N. The van der Waals surface area contributed by atoms with E-state index in [0.717, 1.165) is 31.4 Å². The van der Waals surface area contributed by atoms with Crippen molar-refractivity contribution in [1.29, 1.82) is 0 Å². The van der Waals surface area contributed by atoms with Crippen LogP contribution in [0.25, 0.3) is 0 Å². The van der Waals surface area contributed by atoms with Crippen molar-refractivity contribution in [2.75, 3.05) is 6.54 Å². The summed E-state index contributed by atoms with van der Waals surface area (Å²) in [4.78, 5) is 0. The van der Waals surface area contributed by atoms with Crippen LogP contribution in [0.4, 0.5) is 8.78 Å². The summed E-state index contributed by atoms with van der Waals surface area (Å²) in [5, 5.41) is 3.40. The second-order valence-corrected chi connectivity index (χ2v) is 6.23. The van der Waals surface area contributed by atoms with Gasteiger partial charge in [0.2, 0.25) is 0 Å². The van der Waals surface area contributed by atoms with Gasteiger partial charge in [0.15, 0.2) is 0 Å². The summed E-state index contributed by atoms with van der Waals surface area (Å²) < 4.78 is 27.2. The molecule has 1 fully saturated rings. The van der Waals surface area contributed by atoms with Gasteiger partial charge in [-0.05, 0) is 43.2 Å².